The lowest BCUT2D eigenvalue weighted by Crippen LogP contribution is -2.31. The first-order valence-corrected chi connectivity index (χ1v) is 9.33. The largest absolute Gasteiger partial charge is 0.481 e. The number of carbonyl (C=O) groups is 1. The number of benzene rings is 1. The number of carbonyl (C=O) groups excluding carboxylic acids is 1. The Kier molecular flexibility index (Phi) is 6.61. The maximum atomic E-state index is 14.8. The Bertz CT molecular complexity index is 1080. The minimum Gasteiger partial charge on any atom is -0.481 e. The van der Waals surface area contributed by atoms with Crippen molar-refractivity contribution in [3.8, 4) is 5.88 Å². The van der Waals surface area contributed by atoms with Crippen LogP contribution in [0.5, 0.6) is 5.88 Å². The topological polar surface area (TPSA) is 128 Å². The van der Waals surface area contributed by atoms with Gasteiger partial charge in [0.25, 0.3) is 5.91 Å². The number of aromatic nitrogens is 2. The van der Waals surface area contributed by atoms with E-state index in [1.54, 1.807) is 31.2 Å². The van der Waals surface area contributed by atoms with Crippen LogP contribution in [-0.2, 0) is 0 Å². The third-order valence-corrected chi connectivity index (χ3v) is 4.50. The van der Waals surface area contributed by atoms with Gasteiger partial charge in [0.15, 0.2) is 11.6 Å². The fourth-order valence-corrected chi connectivity index (χ4v) is 2.94. The summed E-state index contributed by atoms with van der Waals surface area (Å²) >= 11 is 0. The molecule has 0 fully saturated rings. The Morgan fingerprint density at radius 3 is 2.45 bits per heavy atom. The maximum absolute atomic E-state index is 14.8. The smallest absolute Gasteiger partial charge is 0.252 e. The molecule has 1 aromatic carbocycles. The van der Waals surface area contributed by atoms with Crippen LogP contribution in [0.1, 0.15) is 28.9 Å². The number of primary amides is 1. The van der Waals surface area contributed by atoms with Crippen LogP contribution in [0.25, 0.3) is 0 Å². The van der Waals surface area contributed by atoms with E-state index < -0.39 is 29.6 Å². The average molecular weight is 428 g/mol. The number of nitrogens with zero attached hydrogens (tertiary/aromatic N) is 2. The number of nitrogens with two attached hydrogens (primary N) is 2. The second-order valence-electron chi connectivity index (χ2n) is 6.82. The Balaban J connectivity index is 1.98. The summed E-state index contributed by atoms with van der Waals surface area (Å²) in [5.74, 6) is -1.84. The lowest BCUT2D eigenvalue weighted by atomic mass is 10.0. The molecule has 2 aromatic heterocycles. The molecule has 0 radical (unpaired) electrons. The first-order chi connectivity index (χ1) is 14.8. The molecule has 1 amide bonds. The molecule has 0 spiro atoms. The molecule has 3 aromatic rings. The highest BCUT2D eigenvalue weighted by atomic mass is 19.1. The molecule has 0 unspecified atom stereocenters. The molecule has 0 aliphatic heterocycles. The van der Waals surface area contributed by atoms with Crippen molar-refractivity contribution in [3.05, 3.63) is 71.4 Å². The van der Waals surface area contributed by atoms with Crippen molar-refractivity contribution in [2.24, 2.45) is 11.5 Å². The first-order valence-electron chi connectivity index (χ1n) is 9.33. The highest BCUT2D eigenvalue weighted by molar-refractivity contribution is 5.98. The van der Waals surface area contributed by atoms with Crippen molar-refractivity contribution in [2.45, 2.75) is 19.0 Å². The van der Waals surface area contributed by atoms with Crippen LogP contribution in [0.4, 0.5) is 26.1 Å². The molecule has 8 nitrogen and oxygen atoms in total. The van der Waals surface area contributed by atoms with E-state index in [0.29, 0.717) is 17.1 Å². The number of methoxy groups -OCH3 is 1. The van der Waals surface area contributed by atoms with Gasteiger partial charge in [0.2, 0.25) is 5.88 Å². The fourth-order valence-electron chi connectivity index (χ4n) is 2.94. The number of ether oxygens (including phenoxy) is 1. The summed E-state index contributed by atoms with van der Waals surface area (Å²) in [6.45, 7) is 1.72. The summed E-state index contributed by atoms with van der Waals surface area (Å²) in [4.78, 5) is 20.1. The Labute approximate surface area is 177 Å². The van der Waals surface area contributed by atoms with E-state index in [0.717, 1.165) is 6.07 Å². The lowest BCUT2D eigenvalue weighted by Gasteiger charge is -2.24. The number of rotatable bonds is 8. The third-order valence-electron chi connectivity index (χ3n) is 4.50. The molecular formula is C21H22F2N6O2. The normalized spacial score (nSPS) is 12.7. The van der Waals surface area contributed by atoms with Gasteiger partial charge in [-0.25, -0.2) is 18.7 Å². The zero-order valence-electron chi connectivity index (χ0n) is 16.9. The fraction of sp³-hybridized carbons (Fsp3) is 0.190. The highest BCUT2D eigenvalue weighted by Gasteiger charge is 2.22. The van der Waals surface area contributed by atoms with Crippen LogP contribution in [0.2, 0.25) is 0 Å². The van der Waals surface area contributed by atoms with E-state index in [4.69, 9.17) is 16.2 Å². The van der Waals surface area contributed by atoms with E-state index in [-0.39, 0.29) is 17.2 Å². The molecule has 2 atom stereocenters. The van der Waals surface area contributed by atoms with Crippen LogP contribution in [0.3, 0.4) is 0 Å². The summed E-state index contributed by atoms with van der Waals surface area (Å²) < 4.78 is 33.1. The molecule has 0 bridgehead atoms. The minimum atomic E-state index is -0.858. The van der Waals surface area contributed by atoms with Gasteiger partial charge in [-0.3, -0.25) is 4.79 Å². The number of anilines is 3. The molecule has 0 aliphatic carbocycles. The summed E-state index contributed by atoms with van der Waals surface area (Å²) in [5.41, 5.74) is 12.5. The molecular weight excluding hydrogens is 406 g/mol. The van der Waals surface area contributed by atoms with Gasteiger partial charge in [-0.05, 0) is 36.8 Å². The molecule has 31 heavy (non-hydrogen) atoms. The monoisotopic (exact) mass is 428 g/mol. The number of halogens is 2. The quantitative estimate of drug-likeness (QED) is 0.434. The van der Waals surface area contributed by atoms with Crippen molar-refractivity contribution in [1.29, 1.82) is 0 Å². The molecule has 162 valence electrons. The summed E-state index contributed by atoms with van der Waals surface area (Å²) in [5, 5.41) is 5.86. The molecule has 3 rings (SSSR count). The standard InChI is InChI=1S/C21H22F2N6O2/c1-11(24)18(12-3-5-13(22)6-4-12)28-21-16(23)10-15(19(25)30)20(29-21)27-14-7-8-26-17(9-14)31-2/h3-11,18H,24H2,1-2H3,(H2,25,30)(H2,26,27,28,29)/t11-,18-/m0/s1. The van der Waals surface area contributed by atoms with Gasteiger partial charge in [0, 0.05) is 24.0 Å². The van der Waals surface area contributed by atoms with E-state index in [1.807, 2.05) is 0 Å². The van der Waals surface area contributed by atoms with Gasteiger partial charge in [0.1, 0.15) is 11.6 Å². The second-order valence-corrected chi connectivity index (χ2v) is 6.82. The van der Waals surface area contributed by atoms with Gasteiger partial charge < -0.3 is 26.8 Å². The molecule has 2 heterocycles. The van der Waals surface area contributed by atoms with Crippen molar-refractivity contribution < 1.29 is 18.3 Å². The van der Waals surface area contributed by atoms with Crippen molar-refractivity contribution in [3.63, 3.8) is 0 Å². The number of hydrogen-bond donors (Lipinski definition) is 4. The number of amides is 1. The SMILES string of the molecule is COc1cc(Nc2nc(N[C@H](c3ccc(F)cc3)[C@H](C)N)c(F)cc2C(N)=O)ccn1. The van der Waals surface area contributed by atoms with Crippen LogP contribution in [-0.4, -0.2) is 29.0 Å². The zero-order chi connectivity index (χ0) is 22.5. The third kappa shape index (κ3) is 5.23. The number of pyridine rings is 2. The molecule has 0 saturated carbocycles. The van der Waals surface area contributed by atoms with E-state index in [9.17, 15) is 13.6 Å². The van der Waals surface area contributed by atoms with Gasteiger partial charge in [-0.15, -0.1) is 0 Å². The van der Waals surface area contributed by atoms with Gasteiger partial charge in [0.05, 0.1) is 18.7 Å². The van der Waals surface area contributed by atoms with Crippen molar-refractivity contribution in [2.75, 3.05) is 17.7 Å². The van der Waals surface area contributed by atoms with Crippen molar-refractivity contribution >= 4 is 23.2 Å². The zero-order valence-corrected chi connectivity index (χ0v) is 16.9. The van der Waals surface area contributed by atoms with Gasteiger partial charge in [-0.1, -0.05) is 12.1 Å². The van der Waals surface area contributed by atoms with Gasteiger partial charge in [-0.2, -0.15) is 0 Å². The van der Waals surface area contributed by atoms with Crippen LogP contribution in [0.15, 0.2) is 48.7 Å². The van der Waals surface area contributed by atoms with E-state index in [2.05, 4.69) is 20.6 Å². The Morgan fingerprint density at radius 2 is 1.84 bits per heavy atom. The summed E-state index contributed by atoms with van der Waals surface area (Å²) in [6.07, 6.45) is 1.49. The Morgan fingerprint density at radius 1 is 1.13 bits per heavy atom. The predicted octanol–water partition coefficient (Wildman–Crippen LogP) is 3.11. The predicted molar refractivity (Wildman–Crippen MR) is 113 cm³/mol. The number of hydrogen-bond acceptors (Lipinski definition) is 7. The summed E-state index contributed by atoms with van der Waals surface area (Å²) in [7, 11) is 1.46. The van der Waals surface area contributed by atoms with E-state index in [1.165, 1.54) is 25.4 Å². The molecule has 0 saturated heterocycles. The maximum Gasteiger partial charge on any atom is 0.252 e. The van der Waals surface area contributed by atoms with E-state index >= 15 is 0 Å². The first kappa shape index (κ1) is 21.9. The van der Waals surface area contributed by atoms with Crippen molar-refractivity contribution in [1.82, 2.24) is 9.97 Å². The Hall–Kier alpha value is -3.79. The second kappa shape index (κ2) is 9.35. The van der Waals surface area contributed by atoms with Gasteiger partial charge >= 0.3 is 0 Å². The van der Waals surface area contributed by atoms with Crippen LogP contribution in [0, 0.1) is 11.6 Å². The molecule has 10 heteroatoms. The number of nitrogens with one attached hydrogen (secondary N) is 2. The lowest BCUT2D eigenvalue weighted by molar-refractivity contribution is 0.100. The van der Waals surface area contributed by atoms with Crippen LogP contribution < -0.4 is 26.8 Å². The average Bonchev–Trinajstić information content (AvgIpc) is 2.74. The molecule has 6 N–H and O–H groups in total. The minimum absolute atomic E-state index is 0.0344. The molecule has 0 aliphatic rings. The highest BCUT2D eigenvalue weighted by Crippen LogP contribution is 2.28. The van der Waals surface area contributed by atoms with Crippen LogP contribution >= 0.6 is 0 Å². The summed E-state index contributed by atoms with van der Waals surface area (Å²) in [6, 6.07) is 8.82.